The standard InChI is InChI=1S/C17H18ClNO2/c1-20-16-9-12(6-7-14(16)18)17(19)13-8-11-4-2-3-5-15(11)21-10-13/h2-7,9,13,17H,8,10,19H2,1H3. The van der Waals surface area contributed by atoms with Crippen LogP contribution in [-0.4, -0.2) is 13.7 Å². The summed E-state index contributed by atoms with van der Waals surface area (Å²) in [5.41, 5.74) is 8.65. The topological polar surface area (TPSA) is 44.5 Å². The van der Waals surface area contributed by atoms with Crippen molar-refractivity contribution in [2.24, 2.45) is 11.7 Å². The minimum absolute atomic E-state index is 0.107. The van der Waals surface area contributed by atoms with Crippen LogP contribution in [0.4, 0.5) is 0 Å². The number of hydrogen-bond acceptors (Lipinski definition) is 3. The summed E-state index contributed by atoms with van der Waals surface area (Å²) in [6.07, 6.45) is 0.919. The predicted molar refractivity (Wildman–Crippen MR) is 84.1 cm³/mol. The molecule has 0 saturated carbocycles. The van der Waals surface area contributed by atoms with E-state index in [1.807, 2.05) is 36.4 Å². The van der Waals surface area contributed by atoms with Crippen molar-refractivity contribution < 1.29 is 9.47 Å². The van der Waals surface area contributed by atoms with Crippen molar-refractivity contribution >= 4 is 11.6 Å². The van der Waals surface area contributed by atoms with Crippen LogP contribution in [0, 0.1) is 5.92 Å². The van der Waals surface area contributed by atoms with E-state index in [0.29, 0.717) is 17.4 Å². The van der Waals surface area contributed by atoms with Crippen LogP contribution < -0.4 is 15.2 Å². The maximum absolute atomic E-state index is 6.42. The van der Waals surface area contributed by atoms with E-state index >= 15 is 0 Å². The van der Waals surface area contributed by atoms with E-state index in [1.54, 1.807) is 7.11 Å². The summed E-state index contributed by atoms with van der Waals surface area (Å²) in [6, 6.07) is 13.7. The van der Waals surface area contributed by atoms with Gasteiger partial charge in [0.05, 0.1) is 18.7 Å². The Hall–Kier alpha value is -1.71. The zero-order valence-corrected chi connectivity index (χ0v) is 12.6. The van der Waals surface area contributed by atoms with E-state index in [2.05, 4.69) is 6.07 Å². The van der Waals surface area contributed by atoms with Gasteiger partial charge in [0.25, 0.3) is 0 Å². The second kappa shape index (κ2) is 5.96. The van der Waals surface area contributed by atoms with E-state index in [4.69, 9.17) is 26.8 Å². The average molecular weight is 304 g/mol. The Bertz CT molecular complexity index is 644. The molecule has 110 valence electrons. The first-order valence-corrected chi connectivity index (χ1v) is 7.36. The number of benzene rings is 2. The summed E-state index contributed by atoms with van der Waals surface area (Å²) in [6.45, 7) is 0.628. The van der Waals surface area contributed by atoms with E-state index in [-0.39, 0.29) is 12.0 Å². The second-order valence-corrected chi connectivity index (χ2v) is 5.71. The number of halogens is 1. The lowest BCUT2D eigenvalue weighted by molar-refractivity contribution is 0.200. The fourth-order valence-electron chi connectivity index (χ4n) is 2.74. The Balaban J connectivity index is 1.82. The summed E-state index contributed by atoms with van der Waals surface area (Å²) in [5.74, 6) is 1.86. The van der Waals surface area contributed by atoms with E-state index in [1.165, 1.54) is 5.56 Å². The highest BCUT2D eigenvalue weighted by Crippen LogP contribution is 2.34. The fraction of sp³-hybridized carbons (Fsp3) is 0.294. The number of nitrogens with two attached hydrogens (primary N) is 1. The molecule has 3 rings (SSSR count). The van der Waals surface area contributed by atoms with Gasteiger partial charge in [-0.2, -0.15) is 0 Å². The minimum Gasteiger partial charge on any atom is -0.495 e. The highest BCUT2D eigenvalue weighted by atomic mass is 35.5. The lowest BCUT2D eigenvalue weighted by Crippen LogP contribution is -2.31. The third-order valence-electron chi connectivity index (χ3n) is 3.98. The fourth-order valence-corrected chi connectivity index (χ4v) is 2.93. The lowest BCUT2D eigenvalue weighted by atomic mass is 9.87. The van der Waals surface area contributed by atoms with Gasteiger partial charge in [-0.1, -0.05) is 35.9 Å². The normalized spacial score (nSPS) is 18.5. The lowest BCUT2D eigenvalue weighted by Gasteiger charge is -2.30. The molecule has 1 aliphatic heterocycles. The predicted octanol–water partition coefficient (Wildman–Crippen LogP) is 3.60. The van der Waals surface area contributed by atoms with Gasteiger partial charge in [0.2, 0.25) is 0 Å². The van der Waals surface area contributed by atoms with E-state index < -0.39 is 0 Å². The summed E-state index contributed by atoms with van der Waals surface area (Å²) in [4.78, 5) is 0. The van der Waals surface area contributed by atoms with E-state index in [9.17, 15) is 0 Å². The van der Waals surface area contributed by atoms with Crippen LogP contribution in [0.25, 0.3) is 0 Å². The summed E-state index contributed by atoms with van der Waals surface area (Å²) < 4.78 is 11.1. The summed E-state index contributed by atoms with van der Waals surface area (Å²) in [7, 11) is 1.61. The van der Waals surface area contributed by atoms with Gasteiger partial charge in [0.1, 0.15) is 11.5 Å². The highest BCUT2D eigenvalue weighted by Gasteiger charge is 2.26. The molecule has 0 bridgehead atoms. The van der Waals surface area contributed by atoms with Gasteiger partial charge in [-0.15, -0.1) is 0 Å². The molecule has 2 unspecified atom stereocenters. The maximum atomic E-state index is 6.42. The van der Waals surface area contributed by atoms with Gasteiger partial charge in [-0.3, -0.25) is 0 Å². The molecular weight excluding hydrogens is 286 g/mol. The summed E-state index contributed by atoms with van der Waals surface area (Å²) >= 11 is 6.06. The Morgan fingerprint density at radius 3 is 2.90 bits per heavy atom. The zero-order chi connectivity index (χ0) is 14.8. The van der Waals surface area contributed by atoms with Crippen molar-refractivity contribution in [3.8, 4) is 11.5 Å². The molecule has 0 aliphatic carbocycles. The quantitative estimate of drug-likeness (QED) is 0.942. The first-order chi connectivity index (χ1) is 10.2. The molecule has 2 atom stereocenters. The molecule has 0 spiro atoms. The summed E-state index contributed by atoms with van der Waals surface area (Å²) in [5, 5.41) is 0.596. The Morgan fingerprint density at radius 1 is 1.29 bits per heavy atom. The molecule has 0 radical (unpaired) electrons. The van der Waals surface area contributed by atoms with Gasteiger partial charge < -0.3 is 15.2 Å². The molecule has 1 heterocycles. The second-order valence-electron chi connectivity index (χ2n) is 5.30. The molecule has 2 aromatic rings. The third-order valence-corrected chi connectivity index (χ3v) is 4.29. The van der Waals surface area contributed by atoms with Crippen LogP contribution in [0.2, 0.25) is 5.02 Å². The maximum Gasteiger partial charge on any atom is 0.137 e. The molecule has 0 saturated heterocycles. The zero-order valence-electron chi connectivity index (χ0n) is 11.9. The molecule has 0 aromatic heterocycles. The molecule has 0 amide bonds. The number of ether oxygens (including phenoxy) is 2. The number of hydrogen-bond donors (Lipinski definition) is 1. The molecule has 4 heteroatoms. The average Bonchev–Trinajstić information content (AvgIpc) is 2.54. The van der Waals surface area contributed by atoms with Crippen LogP contribution in [0.15, 0.2) is 42.5 Å². The number of fused-ring (bicyclic) bond motifs is 1. The Morgan fingerprint density at radius 2 is 2.10 bits per heavy atom. The Kier molecular flexibility index (Phi) is 4.04. The Labute approximate surface area is 129 Å². The van der Waals surface area contributed by atoms with Gasteiger partial charge in [0.15, 0.2) is 0 Å². The van der Waals surface area contributed by atoms with Crippen molar-refractivity contribution in [3.63, 3.8) is 0 Å². The molecular formula is C17H18ClNO2. The van der Waals surface area contributed by atoms with Crippen LogP contribution in [0.3, 0.4) is 0 Å². The van der Waals surface area contributed by atoms with Crippen LogP contribution in [-0.2, 0) is 6.42 Å². The highest BCUT2D eigenvalue weighted by molar-refractivity contribution is 6.32. The van der Waals surface area contributed by atoms with Gasteiger partial charge >= 0.3 is 0 Å². The van der Waals surface area contributed by atoms with Crippen LogP contribution in [0.1, 0.15) is 17.2 Å². The molecule has 3 nitrogen and oxygen atoms in total. The number of para-hydroxylation sites is 1. The van der Waals surface area contributed by atoms with Crippen LogP contribution >= 0.6 is 11.6 Å². The first kappa shape index (κ1) is 14.2. The van der Waals surface area contributed by atoms with Crippen molar-refractivity contribution in [3.05, 3.63) is 58.6 Å². The minimum atomic E-state index is -0.107. The molecule has 21 heavy (non-hydrogen) atoms. The largest absolute Gasteiger partial charge is 0.495 e. The van der Waals surface area contributed by atoms with Crippen molar-refractivity contribution in [2.75, 3.05) is 13.7 Å². The molecule has 2 aromatic carbocycles. The van der Waals surface area contributed by atoms with Crippen LogP contribution in [0.5, 0.6) is 11.5 Å². The first-order valence-electron chi connectivity index (χ1n) is 6.98. The third kappa shape index (κ3) is 2.85. The molecule has 0 fully saturated rings. The van der Waals surface area contributed by atoms with Crippen molar-refractivity contribution in [2.45, 2.75) is 12.5 Å². The number of rotatable bonds is 3. The SMILES string of the molecule is COc1cc(C(N)C2COc3ccccc3C2)ccc1Cl. The van der Waals surface area contributed by atoms with Gasteiger partial charge in [-0.25, -0.2) is 0 Å². The van der Waals surface area contributed by atoms with Crippen molar-refractivity contribution in [1.29, 1.82) is 0 Å². The molecule has 1 aliphatic rings. The number of methoxy groups -OCH3 is 1. The van der Waals surface area contributed by atoms with E-state index in [0.717, 1.165) is 17.7 Å². The van der Waals surface area contributed by atoms with Gasteiger partial charge in [-0.05, 0) is 35.7 Å². The monoisotopic (exact) mass is 303 g/mol. The smallest absolute Gasteiger partial charge is 0.137 e. The molecule has 2 N–H and O–H groups in total. The van der Waals surface area contributed by atoms with Gasteiger partial charge in [0, 0.05) is 12.0 Å². The van der Waals surface area contributed by atoms with Crippen molar-refractivity contribution in [1.82, 2.24) is 0 Å².